The normalized spacial score (nSPS) is 21.5. The maximum atomic E-state index is 3.62. The molecule has 0 N–H and O–H groups in total. The van der Waals surface area contributed by atoms with Gasteiger partial charge in [0.1, 0.15) is 0 Å². The lowest BCUT2D eigenvalue weighted by molar-refractivity contribution is 0.456. The first-order valence-corrected chi connectivity index (χ1v) is 10.2. The minimum Gasteiger partial charge on any atom is -0.0616 e. The molecule has 0 unspecified atom stereocenters. The van der Waals surface area contributed by atoms with E-state index in [1.165, 1.54) is 52.1 Å². The summed E-state index contributed by atoms with van der Waals surface area (Å²) in [6.07, 6.45) is 5.35. The predicted octanol–water partition coefficient (Wildman–Crippen LogP) is 7.68. The molecule has 0 amide bonds. The van der Waals surface area contributed by atoms with Crippen LogP contribution >= 0.6 is 15.9 Å². The molecule has 128 valence electrons. The minimum absolute atomic E-state index is 0.623. The highest BCUT2D eigenvalue weighted by Gasteiger charge is 2.27. The summed E-state index contributed by atoms with van der Waals surface area (Å²) in [5.74, 6) is 2.21. The number of fused-ring (bicyclic) bond motifs is 1. The lowest BCUT2D eigenvalue weighted by Crippen LogP contribution is -2.03. The highest BCUT2D eigenvalue weighted by Crippen LogP contribution is 2.43. The first-order valence-electron chi connectivity index (χ1n) is 9.44. The van der Waals surface area contributed by atoms with Crippen molar-refractivity contribution in [1.82, 2.24) is 0 Å². The van der Waals surface area contributed by atoms with Gasteiger partial charge < -0.3 is 0 Å². The van der Waals surface area contributed by atoms with Gasteiger partial charge in [-0.3, -0.25) is 0 Å². The molecule has 0 spiro atoms. The molecule has 1 aliphatic carbocycles. The molecule has 1 heteroatoms. The van der Waals surface area contributed by atoms with E-state index in [1.807, 2.05) is 0 Å². The van der Waals surface area contributed by atoms with E-state index in [4.69, 9.17) is 0 Å². The fourth-order valence-corrected chi connectivity index (χ4v) is 5.08. The van der Waals surface area contributed by atoms with Crippen LogP contribution in [0.15, 0.2) is 71.2 Å². The van der Waals surface area contributed by atoms with Crippen molar-refractivity contribution < 1.29 is 0 Å². The first-order chi connectivity index (χ1) is 12.2. The minimum atomic E-state index is 0.623. The van der Waals surface area contributed by atoms with Gasteiger partial charge in [0, 0.05) is 4.47 Å². The summed E-state index contributed by atoms with van der Waals surface area (Å²) >= 11 is 3.62. The highest BCUT2D eigenvalue weighted by molar-refractivity contribution is 9.10. The second-order valence-corrected chi connectivity index (χ2v) is 8.55. The molecule has 4 rings (SSSR count). The molecule has 3 atom stereocenters. The number of benzene rings is 3. The third kappa shape index (κ3) is 3.67. The Morgan fingerprint density at radius 1 is 0.960 bits per heavy atom. The van der Waals surface area contributed by atoms with Gasteiger partial charge in [0.05, 0.1) is 0 Å². The standard InChI is InChI=1S/C24H25Br/c1-17(23-11-5-7-19-6-2-3-10-24(19)23)14-18-12-13-21(15-18)20-8-4-9-22(25)16-20/h2-11,16-18,21H,12-15H2,1H3/t17-,18+,21+/m0/s1. The Kier molecular flexibility index (Phi) is 4.94. The molecule has 0 heterocycles. The Labute approximate surface area is 159 Å². The van der Waals surface area contributed by atoms with Crippen LogP contribution in [0.1, 0.15) is 55.6 Å². The molecule has 0 nitrogen and oxygen atoms in total. The SMILES string of the molecule is C[C@@H](C[C@H]1CC[C@@H](c2cccc(Br)c2)C1)c1cccc2ccccc12. The molecule has 3 aromatic rings. The van der Waals surface area contributed by atoms with E-state index in [0.29, 0.717) is 5.92 Å². The Bertz CT molecular complexity index is 861. The molecule has 25 heavy (non-hydrogen) atoms. The average Bonchev–Trinajstić information content (AvgIpc) is 3.10. The van der Waals surface area contributed by atoms with E-state index in [-0.39, 0.29) is 0 Å². The second kappa shape index (κ2) is 7.33. The maximum absolute atomic E-state index is 3.62. The Morgan fingerprint density at radius 2 is 1.76 bits per heavy atom. The van der Waals surface area contributed by atoms with E-state index in [1.54, 1.807) is 0 Å². The topological polar surface area (TPSA) is 0 Å². The van der Waals surface area contributed by atoms with Gasteiger partial charge in [-0.2, -0.15) is 0 Å². The molecule has 0 aromatic heterocycles. The van der Waals surface area contributed by atoms with Crippen LogP contribution in [-0.4, -0.2) is 0 Å². The molecule has 1 fully saturated rings. The average molecular weight is 393 g/mol. The van der Waals surface area contributed by atoms with Gasteiger partial charge in [-0.25, -0.2) is 0 Å². The maximum Gasteiger partial charge on any atom is 0.0178 e. The molecule has 3 aromatic carbocycles. The van der Waals surface area contributed by atoms with Gasteiger partial charge in [0.2, 0.25) is 0 Å². The third-order valence-corrected chi connectivity index (χ3v) is 6.40. The Balaban J connectivity index is 1.47. The van der Waals surface area contributed by atoms with Crippen LogP contribution in [0.5, 0.6) is 0 Å². The number of hydrogen-bond acceptors (Lipinski definition) is 0. The fraction of sp³-hybridized carbons (Fsp3) is 0.333. The number of halogens is 1. The summed E-state index contributed by atoms with van der Waals surface area (Å²) in [5.41, 5.74) is 3.03. The van der Waals surface area contributed by atoms with Crippen LogP contribution in [-0.2, 0) is 0 Å². The van der Waals surface area contributed by atoms with Gasteiger partial charge >= 0.3 is 0 Å². The molecule has 1 saturated carbocycles. The number of hydrogen-bond donors (Lipinski definition) is 0. The molecule has 0 radical (unpaired) electrons. The quantitative estimate of drug-likeness (QED) is 0.426. The van der Waals surface area contributed by atoms with Crippen molar-refractivity contribution in [3.63, 3.8) is 0 Å². The molecule has 0 saturated heterocycles. The van der Waals surface area contributed by atoms with Gasteiger partial charge in [0.25, 0.3) is 0 Å². The largest absolute Gasteiger partial charge is 0.0616 e. The van der Waals surface area contributed by atoms with Crippen LogP contribution in [0.3, 0.4) is 0 Å². The summed E-state index contributed by atoms with van der Waals surface area (Å²) in [6.45, 7) is 2.41. The van der Waals surface area contributed by atoms with Gasteiger partial charge in [0.15, 0.2) is 0 Å². The second-order valence-electron chi connectivity index (χ2n) is 7.64. The third-order valence-electron chi connectivity index (χ3n) is 5.90. The monoisotopic (exact) mass is 392 g/mol. The van der Waals surface area contributed by atoms with Crippen LogP contribution < -0.4 is 0 Å². The highest BCUT2D eigenvalue weighted by atomic mass is 79.9. The summed E-state index contributed by atoms with van der Waals surface area (Å²) < 4.78 is 1.21. The smallest absolute Gasteiger partial charge is 0.0178 e. The fourth-order valence-electron chi connectivity index (χ4n) is 4.66. The van der Waals surface area contributed by atoms with Crippen LogP contribution in [0.4, 0.5) is 0 Å². The summed E-state index contributed by atoms with van der Waals surface area (Å²) in [6, 6.07) is 24.5. The van der Waals surface area contributed by atoms with E-state index in [2.05, 4.69) is 89.6 Å². The van der Waals surface area contributed by atoms with E-state index in [0.717, 1.165) is 11.8 Å². The number of rotatable bonds is 4. The van der Waals surface area contributed by atoms with Crippen molar-refractivity contribution in [2.45, 2.75) is 44.4 Å². The lowest BCUT2D eigenvalue weighted by atomic mass is 9.86. The summed E-state index contributed by atoms with van der Waals surface area (Å²) in [4.78, 5) is 0. The van der Waals surface area contributed by atoms with Crippen LogP contribution in [0, 0.1) is 5.92 Å². The van der Waals surface area contributed by atoms with Crippen LogP contribution in [0.2, 0.25) is 0 Å². The predicted molar refractivity (Wildman–Crippen MR) is 111 cm³/mol. The van der Waals surface area contributed by atoms with Crippen molar-refractivity contribution in [2.75, 3.05) is 0 Å². The van der Waals surface area contributed by atoms with Gasteiger partial charge in [-0.15, -0.1) is 0 Å². The van der Waals surface area contributed by atoms with E-state index < -0.39 is 0 Å². The van der Waals surface area contributed by atoms with Crippen molar-refractivity contribution >= 4 is 26.7 Å². The van der Waals surface area contributed by atoms with Gasteiger partial charge in [-0.1, -0.05) is 77.5 Å². The molecule has 0 aliphatic heterocycles. The summed E-state index contributed by atoms with van der Waals surface area (Å²) in [7, 11) is 0. The zero-order valence-corrected chi connectivity index (χ0v) is 16.4. The Hall–Kier alpha value is -1.60. The summed E-state index contributed by atoms with van der Waals surface area (Å²) in [5, 5.41) is 2.80. The van der Waals surface area contributed by atoms with E-state index in [9.17, 15) is 0 Å². The van der Waals surface area contributed by atoms with Crippen LogP contribution in [0.25, 0.3) is 10.8 Å². The first kappa shape index (κ1) is 16.8. The molecule has 0 bridgehead atoms. The van der Waals surface area contributed by atoms with Crippen molar-refractivity contribution in [2.24, 2.45) is 5.92 Å². The lowest BCUT2D eigenvalue weighted by Gasteiger charge is -2.19. The Morgan fingerprint density at radius 3 is 2.64 bits per heavy atom. The van der Waals surface area contributed by atoms with Crippen molar-refractivity contribution in [1.29, 1.82) is 0 Å². The molecule has 1 aliphatic rings. The van der Waals surface area contributed by atoms with Crippen molar-refractivity contribution in [3.05, 3.63) is 82.3 Å². The van der Waals surface area contributed by atoms with E-state index >= 15 is 0 Å². The zero-order valence-electron chi connectivity index (χ0n) is 14.8. The molecular weight excluding hydrogens is 368 g/mol. The van der Waals surface area contributed by atoms with Crippen molar-refractivity contribution in [3.8, 4) is 0 Å². The van der Waals surface area contributed by atoms with Gasteiger partial charge in [-0.05, 0) is 77.5 Å². The zero-order chi connectivity index (χ0) is 17.2. The molecular formula is C24H25Br.